The fourth-order valence-electron chi connectivity index (χ4n) is 0.715. The zero-order chi connectivity index (χ0) is 12.6. The van der Waals surface area contributed by atoms with Gasteiger partial charge in [-0.3, -0.25) is 13.9 Å². The van der Waals surface area contributed by atoms with E-state index >= 15 is 0 Å². The molecule has 7 heteroatoms. The summed E-state index contributed by atoms with van der Waals surface area (Å²) in [6, 6.07) is 9.25. The van der Waals surface area contributed by atoms with Gasteiger partial charge in [0.25, 0.3) is 0 Å². The fraction of sp³-hybridized carbons (Fsp3) is 0. The molecule has 0 aliphatic heterocycles. The van der Waals surface area contributed by atoms with E-state index in [9.17, 15) is 4.79 Å². The van der Waals surface area contributed by atoms with Gasteiger partial charge in [0.15, 0.2) is 0 Å². The Balaban J connectivity index is 0.000000385. The molecule has 0 saturated carbocycles. The van der Waals surface area contributed by atoms with Crippen molar-refractivity contribution in [2.45, 2.75) is 0 Å². The van der Waals surface area contributed by atoms with Gasteiger partial charge in [-0.1, -0.05) is 24.8 Å². The van der Waals surface area contributed by atoms with Crippen LogP contribution < -0.4 is 5.32 Å². The van der Waals surface area contributed by atoms with Gasteiger partial charge < -0.3 is 5.32 Å². The first-order valence-electron chi connectivity index (χ1n) is 4.01. The van der Waals surface area contributed by atoms with E-state index in [0.29, 0.717) is 0 Å². The molecule has 0 aliphatic carbocycles. The lowest BCUT2D eigenvalue weighted by atomic mass is 10.3. The van der Waals surface area contributed by atoms with Crippen molar-refractivity contribution in [3.8, 4) is 0 Å². The standard InChI is InChI=1S/C9H9NO.H2O4S/c1-2-9(11)10-8-6-4-3-5-7-8;1-5(2,3)4/h2-7H,1H2,(H,10,11);(H2,1,2,3,4). The Morgan fingerprint density at radius 3 is 2.06 bits per heavy atom. The molecule has 0 aliphatic rings. The summed E-state index contributed by atoms with van der Waals surface area (Å²) in [4.78, 5) is 10.8. The Kier molecular flexibility index (Phi) is 6.01. The van der Waals surface area contributed by atoms with Crippen molar-refractivity contribution in [1.29, 1.82) is 0 Å². The molecule has 0 atom stereocenters. The van der Waals surface area contributed by atoms with Crippen molar-refractivity contribution < 1.29 is 22.3 Å². The number of para-hydroxylation sites is 1. The van der Waals surface area contributed by atoms with Crippen LogP contribution in [0.3, 0.4) is 0 Å². The summed E-state index contributed by atoms with van der Waals surface area (Å²) in [6.45, 7) is 3.34. The number of rotatable bonds is 2. The number of anilines is 1. The average Bonchev–Trinajstić information content (AvgIpc) is 2.16. The van der Waals surface area contributed by atoms with Gasteiger partial charge in [-0.15, -0.1) is 0 Å². The summed E-state index contributed by atoms with van der Waals surface area (Å²) in [7, 11) is -4.67. The van der Waals surface area contributed by atoms with E-state index in [0.717, 1.165) is 5.69 Å². The van der Waals surface area contributed by atoms with Gasteiger partial charge in [0.2, 0.25) is 5.91 Å². The minimum atomic E-state index is -4.67. The lowest BCUT2D eigenvalue weighted by molar-refractivity contribution is -0.111. The Bertz CT molecular complexity index is 432. The van der Waals surface area contributed by atoms with Crippen LogP contribution in [0.2, 0.25) is 0 Å². The van der Waals surface area contributed by atoms with Crippen LogP contribution in [0.4, 0.5) is 5.69 Å². The van der Waals surface area contributed by atoms with Gasteiger partial charge >= 0.3 is 10.4 Å². The molecule has 1 amide bonds. The third-order valence-electron chi connectivity index (χ3n) is 1.23. The molecule has 1 aromatic carbocycles. The molecule has 0 radical (unpaired) electrons. The molecule has 88 valence electrons. The Morgan fingerprint density at radius 1 is 1.25 bits per heavy atom. The molecule has 0 saturated heterocycles. The summed E-state index contributed by atoms with van der Waals surface area (Å²) in [5.41, 5.74) is 0.789. The molecular weight excluding hydrogens is 234 g/mol. The maximum Gasteiger partial charge on any atom is 0.394 e. The van der Waals surface area contributed by atoms with Crippen LogP contribution in [0.25, 0.3) is 0 Å². The summed E-state index contributed by atoms with van der Waals surface area (Å²) in [6.07, 6.45) is 1.24. The third kappa shape index (κ3) is 10.4. The fourth-order valence-corrected chi connectivity index (χ4v) is 0.715. The second kappa shape index (κ2) is 6.72. The topological polar surface area (TPSA) is 104 Å². The number of nitrogens with one attached hydrogen (secondary N) is 1. The van der Waals surface area contributed by atoms with Crippen LogP contribution in [-0.2, 0) is 15.2 Å². The number of carbonyl (C=O) groups excluding carboxylic acids is 1. The lowest BCUT2D eigenvalue weighted by Gasteiger charge is -1.98. The quantitative estimate of drug-likeness (QED) is 0.535. The van der Waals surface area contributed by atoms with Crippen molar-refractivity contribution in [2.24, 2.45) is 0 Å². The molecule has 0 fully saturated rings. The van der Waals surface area contributed by atoms with Crippen LogP contribution in [0.1, 0.15) is 0 Å². The SMILES string of the molecule is C=CC(=O)Nc1ccccc1.O=S(=O)(O)O. The van der Waals surface area contributed by atoms with Gasteiger partial charge in [-0.25, -0.2) is 0 Å². The minimum absolute atomic E-state index is 0.184. The van der Waals surface area contributed by atoms with Gasteiger partial charge in [-0.05, 0) is 18.2 Å². The van der Waals surface area contributed by atoms with Gasteiger partial charge in [0.05, 0.1) is 0 Å². The maximum atomic E-state index is 10.8. The molecule has 1 aromatic rings. The van der Waals surface area contributed by atoms with E-state index in [2.05, 4.69) is 11.9 Å². The highest BCUT2D eigenvalue weighted by Gasteiger charge is 1.92. The van der Waals surface area contributed by atoms with Crippen molar-refractivity contribution >= 4 is 22.0 Å². The predicted octanol–water partition coefficient (Wildman–Crippen LogP) is 1.16. The van der Waals surface area contributed by atoms with Crippen LogP contribution in [-0.4, -0.2) is 23.4 Å². The normalized spacial score (nSPS) is 9.62. The number of hydrogen-bond acceptors (Lipinski definition) is 3. The van der Waals surface area contributed by atoms with E-state index < -0.39 is 10.4 Å². The molecule has 0 heterocycles. The van der Waals surface area contributed by atoms with Gasteiger partial charge in [0, 0.05) is 5.69 Å². The van der Waals surface area contributed by atoms with Crippen molar-refractivity contribution in [2.75, 3.05) is 5.32 Å². The molecule has 3 N–H and O–H groups in total. The Morgan fingerprint density at radius 2 is 1.69 bits per heavy atom. The second-order valence-corrected chi connectivity index (χ2v) is 3.40. The first-order chi connectivity index (χ1) is 7.33. The van der Waals surface area contributed by atoms with E-state index in [1.165, 1.54) is 6.08 Å². The number of benzene rings is 1. The summed E-state index contributed by atoms with van der Waals surface area (Å²) in [5, 5.41) is 2.63. The highest BCUT2D eigenvalue weighted by atomic mass is 32.3. The first kappa shape index (κ1) is 14.3. The van der Waals surface area contributed by atoms with E-state index in [-0.39, 0.29) is 5.91 Å². The molecular formula is C9H11NO5S. The lowest BCUT2D eigenvalue weighted by Crippen LogP contribution is -2.06. The smallest absolute Gasteiger partial charge is 0.323 e. The summed E-state index contributed by atoms with van der Waals surface area (Å²) < 4.78 is 31.6. The van der Waals surface area contributed by atoms with Gasteiger partial charge in [-0.2, -0.15) is 8.42 Å². The summed E-state index contributed by atoms with van der Waals surface area (Å²) >= 11 is 0. The van der Waals surface area contributed by atoms with Crippen LogP contribution in [0.5, 0.6) is 0 Å². The predicted molar refractivity (Wildman–Crippen MR) is 59.4 cm³/mol. The molecule has 0 aromatic heterocycles. The second-order valence-electron chi connectivity index (χ2n) is 2.51. The number of amides is 1. The monoisotopic (exact) mass is 245 g/mol. The molecule has 0 bridgehead atoms. The molecule has 1 rings (SSSR count). The largest absolute Gasteiger partial charge is 0.394 e. The van der Waals surface area contributed by atoms with Crippen LogP contribution in [0.15, 0.2) is 43.0 Å². The maximum absolute atomic E-state index is 10.8. The van der Waals surface area contributed by atoms with Crippen molar-refractivity contribution in [3.63, 3.8) is 0 Å². The Hall–Kier alpha value is -1.70. The zero-order valence-corrected chi connectivity index (χ0v) is 9.02. The van der Waals surface area contributed by atoms with Crippen molar-refractivity contribution in [1.82, 2.24) is 0 Å². The van der Waals surface area contributed by atoms with Crippen LogP contribution in [0, 0.1) is 0 Å². The molecule has 0 unspecified atom stereocenters. The van der Waals surface area contributed by atoms with Gasteiger partial charge in [0.1, 0.15) is 0 Å². The minimum Gasteiger partial charge on any atom is -0.323 e. The molecule has 0 spiro atoms. The summed E-state index contributed by atoms with van der Waals surface area (Å²) in [5.74, 6) is -0.184. The average molecular weight is 245 g/mol. The third-order valence-corrected chi connectivity index (χ3v) is 1.23. The molecule has 6 nitrogen and oxygen atoms in total. The highest BCUT2D eigenvalue weighted by Crippen LogP contribution is 2.03. The zero-order valence-electron chi connectivity index (χ0n) is 8.20. The van der Waals surface area contributed by atoms with Crippen molar-refractivity contribution in [3.05, 3.63) is 43.0 Å². The number of hydrogen-bond donors (Lipinski definition) is 3. The van der Waals surface area contributed by atoms with E-state index in [1.54, 1.807) is 0 Å². The highest BCUT2D eigenvalue weighted by molar-refractivity contribution is 7.79. The number of carbonyl (C=O) groups is 1. The Labute approximate surface area is 93.2 Å². The molecule has 16 heavy (non-hydrogen) atoms. The van der Waals surface area contributed by atoms with Crippen LogP contribution >= 0.6 is 0 Å². The van der Waals surface area contributed by atoms with E-state index in [1.807, 2.05) is 30.3 Å². The van der Waals surface area contributed by atoms with E-state index in [4.69, 9.17) is 17.5 Å². The first-order valence-corrected chi connectivity index (χ1v) is 5.41.